The number of benzene rings is 1. The van der Waals surface area contributed by atoms with Crippen molar-refractivity contribution in [1.29, 1.82) is 0 Å². The van der Waals surface area contributed by atoms with Crippen molar-refractivity contribution in [3.63, 3.8) is 0 Å². The second-order valence-corrected chi connectivity index (χ2v) is 4.81. The van der Waals surface area contributed by atoms with Crippen molar-refractivity contribution in [3.8, 4) is 0 Å². The fourth-order valence-electron chi connectivity index (χ4n) is 1.96. The largest absolute Gasteiger partial charge is 0.365 e. The van der Waals surface area contributed by atoms with Crippen molar-refractivity contribution in [1.82, 2.24) is 9.55 Å². The highest BCUT2D eigenvalue weighted by atomic mass is 19.1. The van der Waals surface area contributed by atoms with Gasteiger partial charge in [-0.2, -0.15) is 0 Å². The van der Waals surface area contributed by atoms with Crippen LogP contribution in [0.2, 0.25) is 0 Å². The van der Waals surface area contributed by atoms with E-state index in [9.17, 15) is 4.39 Å². The second-order valence-electron chi connectivity index (χ2n) is 4.81. The molecule has 0 aliphatic heterocycles. The minimum Gasteiger partial charge on any atom is -0.365 e. The predicted octanol–water partition coefficient (Wildman–Crippen LogP) is 2.22. The summed E-state index contributed by atoms with van der Waals surface area (Å²) in [7, 11) is 3.77. The highest BCUT2D eigenvalue weighted by Gasteiger charge is 2.12. The number of aryl methyl sites for hydroxylation is 1. The summed E-state index contributed by atoms with van der Waals surface area (Å²) < 4.78 is 16.0. The molecule has 2 N–H and O–H groups in total. The molecular formula is C14H19FN4. The van der Waals surface area contributed by atoms with Crippen LogP contribution in [0.25, 0.3) is 0 Å². The summed E-state index contributed by atoms with van der Waals surface area (Å²) in [6.45, 7) is 2.39. The molecule has 0 fully saturated rings. The molecule has 2 aromatic rings. The fourth-order valence-corrected chi connectivity index (χ4v) is 1.96. The number of anilines is 1. The third kappa shape index (κ3) is 2.93. The highest BCUT2D eigenvalue weighted by molar-refractivity contribution is 5.49. The van der Waals surface area contributed by atoms with Gasteiger partial charge in [0.05, 0.1) is 12.2 Å². The first-order chi connectivity index (χ1) is 8.99. The lowest BCUT2D eigenvalue weighted by atomic mass is 10.1. The summed E-state index contributed by atoms with van der Waals surface area (Å²) >= 11 is 0. The van der Waals surface area contributed by atoms with E-state index in [1.54, 1.807) is 12.3 Å². The van der Waals surface area contributed by atoms with Gasteiger partial charge in [-0.25, -0.2) is 9.37 Å². The Morgan fingerprint density at radius 1 is 1.47 bits per heavy atom. The minimum absolute atomic E-state index is 0.164. The van der Waals surface area contributed by atoms with Crippen LogP contribution in [0, 0.1) is 5.82 Å². The van der Waals surface area contributed by atoms with Gasteiger partial charge in [-0.3, -0.25) is 0 Å². The number of hydrogen-bond acceptors (Lipinski definition) is 3. The highest BCUT2D eigenvalue weighted by Crippen LogP contribution is 2.22. The van der Waals surface area contributed by atoms with Crippen molar-refractivity contribution in [3.05, 3.63) is 47.8 Å². The van der Waals surface area contributed by atoms with Gasteiger partial charge in [-0.05, 0) is 24.6 Å². The maximum Gasteiger partial charge on any atom is 0.146 e. The molecule has 0 radical (unpaired) electrons. The summed E-state index contributed by atoms with van der Waals surface area (Å²) in [5, 5.41) is 0. The smallest absolute Gasteiger partial charge is 0.146 e. The molecule has 0 amide bonds. The lowest BCUT2D eigenvalue weighted by molar-refractivity contribution is 0.614. The first kappa shape index (κ1) is 13.5. The monoisotopic (exact) mass is 262 g/mol. The van der Waals surface area contributed by atoms with Crippen molar-refractivity contribution in [2.75, 3.05) is 11.9 Å². The molecule has 1 aromatic carbocycles. The molecule has 0 aliphatic carbocycles. The van der Waals surface area contributed by atoms with Gasteiger partial charge in [-0.15, -0.1) is 0 Å². The number of imidazole rings is 1. The van der Waals surface area contributed by atoms with Crippen LogP contribution in [0.15, 0.2) is 30.6 Å². The quantitative estimate of drug-likeness (QED) is 0.919. The fraction of sp³-hybridized carbons (Fsp3) is 0.357. The summed E-state index contributed by atoms with van der Waals surface area (Å²) in [6.07, 6.45) is 3.61. The average Bonchev–Trinajstić information content (AvgIpc) is 2.74. The predicted molar refractivity (Wildman–Crippen MR) is 74.3 cm³/mol. The Labute approximate surface area is 112 Å². The van der Waals surface area contributed by atoms with E-state index in [2.05, 4.69) is 4.98 Å². The molecule has 0 bridgehead atoms. The van der Waals surface area contributed by atoms with E-state index in [0.29, 0.717) is 12.2 Å². The number of hydrogen-bond donors (Lipinski definition) is 1. The van der Waals surface area contributed by atoms with Crippen LogP contribution in [0.1, 0.15) is 24.4 Å². The van der Waals surface area contributed by atoms with E-state index in [4.69, 9.17) is 5.73 Å². The number of halogens is 1. The first-order valence-corrected chi connectivity index (χ1v) is 6.21. The molecule has 1 atom stereocenters. The van der Waals surface area contributed by atoms with Crippen LogP contribution in [0.5, 0.6) is 0 Å². The molecule has 5 heteroatoms. The third-order valence-electron chi connectivity index (χ3n) is 3.21. The average molecular weight is 262 g/mol. The van der Waals surface area contributed by atoms with Gasteiger partial charge >= 0.3 is 0 Å². The number of nitrogens with two attached hydrogens (primary N) is 1. The molecule has 0 saturated carbocycles. The summed E-state index contributed by atoms with van der Waals surface area (Å²) in [4.78, 5) is 6.07. The molecule has 0 saturated heterocycles. The Morgan fingerprint density at radius 2 is 2.21 bits per heavy atom. The Bertz CT molecular complexity index is 562. The third-order valence-corrected chi connectivity index (χ3v) is 3.21. The summed E-state index contributed by atoms with van der Waals surface area (Å²) in [5.41, 5.74) is 7.09. The molecule has 2 rings (SSSR count). The van der Waals surface area contributed by atoms with Crippen molar-refractivity contribution >= 4 is 5.69 Å². The standard InChI is InChI=1S/C14H19FN4/c1-10(16)11-4-5-13(12(15)8-11)19(3)9-14-17-6-7-18(14)2/h4-8,10H,9,16H2,1-3H3/t10-/m1/s1. The van der Waals surface area contributed by atoms with Gasteiger partial charge in [-0.1, -0.05) is 6.07 Å². The lowest BCUT2D eigenvalue weighted by Crippen LogP contribution is -2.20. The van der Waals surface area contributed by atoms with E-state index in [0.717, 1.165) is 11.4 Å². The molecular weight excluding hydrogens is 243 g/mol. The Morgan fingerprint density at radius 3 is 2.74 bits per heavy atom. The molecule has 1 heterocycles. The van der Waals surface area contributed by atoms with Crippen LogP contribution in [-0.4, -0.2) is 16.6 Å². The van der Waals surface area contributed by atoms with Gasteiger partial charge in [0, 0.05) is 32.5 Å². The number of rotatable bonds is 4. The second kappa shape index (κ2) is 5.40. The number of nitrogens with zero attached hydrogens (tertiary/aromatic N) is 3. The summed E-state index contributed by atoms with van der Waals surface area (Å²) in [6, 6.07) is 4.95. The van der Waals surface area contributed by atoms with Crippen molar-refractivity contribution in [2.24, 2.45) is 12.8 Å². The van der Waals surface area contributed by atoms with E-state index in [1.165, 1.54) is 6.07 Å². The molecule has 1 aromatic heterocycles. The minimum atomic E-state index is -0.258. The zero-order valence-electron chi connectivity index (χ0n) is 11.5. The van der Waals surface area contributed by atoms with E-state index < -0.39 is 0 Å². The van der Waals surface area contributed by atoms with Crippen LogP contribution < -0.4 is 10.6 Å². The van der Waals surface area contributed by atoms with Gasteiger partial charge in [0.25, 0.3) is 0 Å². The van der Waals surface area contributed by atoms with Crippen LogP contribution in [0.4, 0.5) is 10.1 Å². The van der Waals surface area contributed by atoms with Crippen LogP contribution in [-0.2, 0) is 13.6 Å². The Balaban J connectivity index is 2.20. The van der Waals surface area contributed by atoms with Gasteiger partial charge in [0.1, 0.15) is 11.6 Å². The zero-order valence-corrected chi connectivity index (χ0v) is 11.5. The summed E-state index contributed by atoms with van der Waals surface area (Å²) in [5.74, 6) is 0.629. The Hall–Kier alpha value is -1.88. The molecule has 0 spiro atoms. The molecule has 19 heavy (non-hydrogen) atoms. The topological polar surface area (TPSA) is 47.1 Å². The van der Waals surface area contributed by atoms with E-state index >= 15 is 0 Å². The van der Waals surface area contributed by atoms with Crippen molar-refractivity contribution < 1.29 is 4.39 Å². The van der Waals surface area contributed by atoms with Crippen LogP contribution in [0.3, 0.4) is 0 Å². The van der Waals surface area contributed by atoms with Gasteiger partial charge in [0.2, 0.25) is 0 Å². The molecule has 0 unspecified atom stereocenters. The van der Waals surface area contributed by atoms with E-state index in [-0.39, 0.29) is 11.9 Å². The zero-order chi connectivity index (χ0) is 14.0. The van der Waals surface area contributed by atoms with Crippen molar-refractivity contribution in [2.45, 2.75) is 19.5 Å². The van der Waals surface area contributed by atoms with Crippen LogP contribution >= 0.6 is 0 Å². The lowest BCUT2D eigenvalue weighted by Gasteiger charge is -2.20. The molecule has 4 nitrogen and oxygen atoms in total. The van der Waals surface area contributed by atoms with Gasteiger partial charge < -0.3 is 15.2 Å². The molecule has 0 aliphatic rings. The normalized spacial score (nSPS) is 12.5. The molecule has 102 valence electrons. The first-order valence-electron chi connectivity index (χ1n) is 6.21. The number of aromatic nitrogens is 2. The maximum absolute atomic E-state index is 14.1. The Kier molecular flexibility index (Phi) is 3.85. The maximum atomic E-state index is 14.1. The van der Waals surface area contributed by atoms with Gasteiger partial charge in [0.15, 0.2) is 0 Å². The SMILES string of the molecule is C[C@@H](N)c1ccc(N(C)Cc2nccn2C)c(F)c1. The van der Waals surface area contributed by atoms with E-state index in [1.807, 2.05) is 42.7 Å².